The largest absolute Gasteiger partial charge is 0.494 e. The number of carbonyl (C=O) groups excluding carboxylic acids is 1. The van der Waals surface area contributed by atoms with Crippen molar-refractivity contribution in [2.45, 2.75) is 20.4 Å². The third-order valence-electron chi connectivity index (χ3n) is 4.13. The van der Waals surface area contributed by atoms with Crippen LogP contribution < -0.4 is 4.74 Å². The highest BCUT2D eigenvalue weighted by molar-refractivity contribution is 5.94. The molecule has 0 atom stereocenters. The number of hydrogen-bond acceptors (Lipinski definition) is 5. The highest BCUT2D eigenvalue weighted by Crippen LogP contribution is 2.15. The Balaban J connectivity index is 1.52. The topological polar surface area (TPSA) is 58.8 Å². The number of hydrogen-bond donors (Lipinski definition) is 0. The predicted octanol–water partition coefficient (Wildman–Crippen LogP) is 2.34. The maximum atomic E-state index is 12.6. The van der Waals surface area contributed by atoms with E-state index in [1.165, 1.54) is 0 Å². The number of piperazine rings is 1. The van der Waals surface area contributed by atoms with Crippen molar-refractivity contribution < 1.29 is 14.1 Å². The normalized spacial score (nSPS) is 15.5. The third kappa shape index (κ3) is 3.94. The second kappa shape index (κ2) is 7.49. The molecule has 1 aromatic carbocycles. The minimum atomic E-state index is 0.0787. The number of amides is 1. The fourth-order valence-corrected chi connectivity index (χ4v) is 2.87. The summed E-state index contributed by atoms with van der Waals surface area (Å²) in [5.74, 6) is 1.70. The SMILES string of the molecule is CCOc1ccc(C(=O)N2CCN(Cc3cc(C)on3)CC2)cc1. The molecule has 0 bridgehead atoms. The van der Waals surface area contributed by atoms with E-state index in [0.717, 1.165) is 49.9 Å². The molecule has 1 amide bonds. The zero-order valence-corrected chi connectivity index (χ0v) is 14.2. The molecule has 24 heavy (non-hydrogen) atoms. The van der Waals surface area contributed by atoms with Gasteiger partial charge < -0.3 is 14.2 Å². The summed E-state index contributed by atoms with van der Waals surface area (Å²) in [4.78, 5) is 16.8. The summed E-state index contributed by atoms with van der Waals surface area (Å²) in [7, 11) is 0. The third-order valence-corrected chi connectivity index (χ3v) is 4.13. The second-order valence-electron chi connectivity index (χ2n) is 5.95. The van der Waals surface area contributed by atoms with Crippen molar-refractivity contribution in [3.8, 4) is 5.75 Å². The fraction of sp³-hybridized carbons (Fsp3) is 0.444. The van der Waals surface area contributed by atoms with Crippen LogP contribution in [0.5, 0.6) is 5.75 Å². The van der Waals surface area contributed by atoms with Crippen LogP contribution >= 0.6 is 0 Å². The predicted molar refractivity (Wildman–Crippen MR) is 90.0 cm³/mol. The van der Waals surface area contributed by atoms with Gasteiger partial charge in [0.15, 0.2) is 0 Å². The van der Waals surface area contributed by atoms with E-state index < -0.39 is 0 Å². The number of benzene rings is 1. The van der Waals surface area contributed by atoms with Gasteiger partial charge in [-0.15, -0.1) is 0 Å². The van der Waals surface area contributed by atoms with E-state index >= 15 is 0 Å². The van der Waals surface area contributed by atoms with Crippen LogP contribution in [0, 0.1) is 6.92 Å². The summed E-state index contributed by atoms with van der Waals surface area (Å²) < 4.78 is 10.5. The summed E-state index contributed by atoms with van der Waals surface area (Å²) in [5, 5.41) is 4.03. The summed E-state index contributed by atoms with van der Waals surface area (Å²) >= 11 is 0. The molecule has 0 spiro atoms. The Kier molecular flexibility index (Phi) is 5.15. The Labute approximate surface area is 142 Å². The van der Waals surface area contributed by atoms with E-state index in [0.29, 0.717) is 12.2 Å². The molecule has 3 rings (SSSR count). The van der Waals surface area contributed by atoms with E-state index in [-0.39, 0.29) is 5.91 Å². The molecular weight excluding hydrogens is 306 g/mol. The van der Waals surface area contributed by atoms with Crippen LogP contribution in [0.25, 0.3) is 0 Å². The maximum absolute atomic E-state index is 12.6. The lowest BCUT2D eigenvalue weighted by Crippen LogP contribution is -2.48. The van der Waals surface area contributed by atoms with E-state index in [4.69, 9.17) is 9.26 Å². The quantitative estimate of drug-likeness (QED) is 0.843. The molecule has 128 valence electrons. The minimum absolute atomic E-state index is 0.0787. The molecule has 1 aliphatic heterocycles. The van der Waals surface area contributed by atoms with Gasteiger partial charge in [0.2, 0.25) is 0 Å². The van der Waals surface area contributed by atoms with Gasteiger partial charge >= 0.3 is 0 Å². The zero-order chi connectivity index (χ0) is 16.9. The van der Waals surface area contributed by atoms with Gasteiger partial charge in [-0.2, -0.15) is 0 Å². The van der Waals surface area contributed by atoms with E-state index in [1.54, 1.807) is 0 Å². The lowest BCUT2D eigenvalue weighted by Gasteiger charge is -2.34. The maximum Gasteiger partial charge on any atom is 0.253 e. The Bertz CT molecular complexity index is 673. The van der Waals surface area contributed by atoms with Crippen molar-refractivity contribution in [2.24, 2.45) is 0 Å². The summed E-state index contributed by atoms with van der Waals surface area (Å²) in [5.41, 5.74) is 1.65. The van der Waals surface area contributed by atoms with Crippen LogP contribution in [0.2, 0.25) is 0 Å². The molecule has 0 saturated carbocycles. The molecule has 0 unspecified atom stereocenters. The van der Waals surface area contributed by atoms with E-state index in [2.05, 4.69) is 10.1 Å². The number of ether oxygens (including phenoxy) is 1. The molecular formula is C18H23N3O3. The summed E-state index contributed by atoms with van der Waals surface area (Å²) in [6.07, 6.45) is 0. The zero-order valence-electron chi connectivity index (χ0n) is 14.2. The molecule has 0 N–H and O–H groups in total. The van der Waals surface area contributed by atoms with Crippen LogP contribution in [0.1, 0.15) is 28.7 Å². The first-order chi connectivity index (χ1) is 11.7. The van der Waals surface area contributed by atoms with Crippen molar-refractivity contribution in [2.75, 3.05) is 32.8 Å². The van der Waals surface area contributed by atoms with Gasteiger partial charge in [-0.1, -0.05) is 5.16 Å². The number of aryl methyl sites for hydroxylation is 1. The van der Waals surface area contributed by atoms with E-state index in [1.807, 2.05) is 49.1 Å². The first-order valence-corrected chi connectivity index (χ1v) is 8.32. The Morgan fingerprint density at radius 2 is 1.92 bits per heavy atom. The lowest BCUT2D eigenvalue weighted by atomic mass is 10.1. The summed E-state index contributed by atoms with van der Waals surface area (Å²) in [6.45, 7) is 8.36. The van der Waals surface area contributed by atoms with Gasteiger partial charge in [0.1, 0.15) is 11.5 Å². The van der Waals surface area contributed by atoms with Crippen LogP contribution in [0.4, 0.5) is 0 Å². The van der Waals surface area contributed by atoms with Crippen molar-refractivity contribution in [1.29, 1.82) is 0 Å². The van der Waals surface area contributed by atoms with Gasteiger partial charge in [-0.25, -0.2) is 0 Å². The van der Waals surface area contributed by atoms with Crippen molar-refractivity contribution in [3.63, 3.8) is 0 Å². The standard InChI is InChI=1S/C18H23N3O3/c1-3-23-17-6-4-15(5-7-17)18(22)21-10-8-20(9-11-21)13-16-12-14(2)24-19-16/h4-7,12H,3,8-11,13H2,1-2H3. The van der Waals surface area contributed by atoms with Crippen LogP contribution in [-0.2, 0) is 6.54 Å². The van der Waals surface area contributed by atoms with Crippen molar-refractivity contribution in [1.82, 2.24) is 15.0 Å². The van der Waals surface area contributed by atoms with Crippen molar-refractivity contribution >= 4 is 5.91 Å². The van der Waals surface area contributed by atoms with Crippen LogP contribution in [0.15, 0.2) is 34.9 Å². The molecule has 0 radical (unpaired) electrons. The Morgan fingerprint density at radius 1 is 1.21 bits per heavy atom. The number of carbonyl (C=O) groups is 1. The number of aromatic nitrogens is 1. The molecule has 1 saturated heterocycles. The average Bonchev–Trinajstić information content (AvgIpc) is 3.01. The van der Waals surface area contributed by atoms with Crippen molar-refractivity contribution in [3.05, 3.63) is 47.3 Å². The number of nitrogens with zero attached hydrogens (tertiary/aromatic N) is 3. The monoisotopic (exact) mass is 329 g/mol. The van der Waals surface area contributed by atoms with Crippen LogP contribution in [-0.4, -0.2) is 53.6 Å². The highest BCUT2D eigenvalue weighted by atomic mass is 16.5. The molecule has 6 nitrogen and oxygen atoms in total. The van der Waals surface area contributed by atoms with Gasteiger partial charge in [-0.3, -0.25) is 9.69 Å². The fourth-order valence-electron chi connectivity index (χ4n) is 2.87. The number of rotatable bonds is 5. The Morgan fingerprint density at radius 3 is 2.50 bits per heavy atom. The van der Waals surface area contributed by atoms with Gasteiger partial charge in [0, 0.05) is 44.4 Å². The Hall–Kier alpha value is -2.34. The smallest absolute Gasteiger partial charge is 0.253 e. The molecule has 1 aromatic heterocycles. The second-order valence-corrected chi connectivity index (χ2v) is 5.95. The molecule has 2 heterocycles. The molecule has 0 aliphatic carbocycles. The van der Waals surface area contributed by atoms with E-state index in [9.17, 15) is 4.79 Å². The molecule has 2 aromatic rings. The summed E-state index contributed by atoms with van der Waals surface area (Å²) in [6, 6.07) is 9.31. The van der Waals surface area contributed by atoms with Crippen LogP contribution in [0.3, 0.4) is 0 Å². The van der Waals surface area contributed by atoms with Gasteiger partial charge in [0.25, 0.3) is 5.91 Å². The first kappa shape index (κ1) is 16.5. The van der Waals surface area contributed by atoms with Gasteiger partial charge in [-0.05, 0) is 38.1 Å². The highest BCUT2D eigenvalue weighted by Gasteiger charge is 2.22. The molecule has 6 heteroatoms. The average molecular weight is 329 g/mol. The first-order valence-electron chi connectivity index (χ1n) is 8.32. The lowest BCUT2D eigenvalue weighted by molar-refractivity contribution is 0.0625. The minimum Gasteiger partial charge on any atom is -0.494 e. The van der Waals surface area contributed by atoms with Gasteiger partial charge in [0.05, 0.1) is 12.3 Å². The molecule has 1 fully saturated rings. The molecule has 1 aliphatic rings.